The number of primary sulfonamides is 1. The Balaban J connectivity index is 3.32. The second-order valence-electron chi connectivity index (χ2n) is 1.89. The summed E-state index contributed by atoms with van der Waals surface area (Å²) in [5.74, 6) is 0.322. The Kier molecular flexibility index (Phi) is 1.53. The van der Waals surface area contributed by atoms with Crippen molar-refractivity contribution in [3.8, 4) is 0 Å². The van der Waals surface area contributed by atoms with Gasteiger partial charge in [-0.15, -0.1) is 0 Å². The molecule has 1 heterocycles. The van der Waals surface area contributed by atoms with Crippen molar-refractivity contribution < 1.29 is 12.8 Å². The predicted molar refractivity (Wildman–Crippen MR) is 34.8 cm³/mol. The highest BCUT2D eigenvalue weighted by Gasteiger charge is 2.12. The quantitative estimate of drug-likeness (QED) is 0.641. The Morgan fingerprint density at radius 2 is 2.20 bits per heavy atom. The van der Waals surface area contributed by atoms with Crippen LogP contribution in [0.25, 0.3) is 0 Å². The SMILES string of the molecule is Cc1occc1S(N)(=O)=O. The first-order chi connectivity index (χ1) is 4.52. The number of hydrogen-bond acceptors (Lipinski definition) is 3. The molecule has 5 heteroatoms. The molecule has 1 aromatic heterocycles. The number of furan rings is 1. The fourth-order valence-corrected chi connectivity index (χ4v) is 1.36. The Morgan fingerprint density at radius 3 is 2.40 bits per heavy atom. The van der Waals surface area contributed by atoms with Gasteiger partial charge in [-0.2, -0.15) is 0 Å². The molecule has 0 bridgehead atoms. The molecule has 0 fully saturated rings. The minimum atomic E-state index is -3.58. The van der Waals surface area contributed by atoms with E-state index in [2.05, 4.69) is 0 Å². The summed E-state index contributed by atoms with van der Waals surface area (Å²) in [6.45, 7) is 1.54. The van der Waals surface area contributed by atoms with Gasteiger partial charge < -0.3 is 4.42 Å². The summed E-state index contributed by atoms with van der Waals surface area (Å²) in [5, 5.41) is 4.81. The molecule has 0 saturated heterocycles. The van der Waals surface area contributed by atoms with Crippen LogP contribution in [0.5, 0.6) is 0 Å². The lowest BCUT2D eigenvalue weighted by Gasteiger charge is -1.91. The van der Waals surface area contributed by atoms with Gasteiger partial charge in [-0.3, -0.25) is 0 Å². The maximum atomic E-state index is 10.6. The predicted octanol–water partition coefficient (Wildman–Crippen LogP) is 0.235. The molecular weight excluding hydrogens is 154 g/mol. The number of nitrogens with two attached hydrogens (primary N) is 1. The van der Waals surface area contributed by atoms with Crippen LogP contribution in [0, 0.1) is 6.92 Å². The molecule has 1 aromatic rings. The van der Waals surface area contributed by atoms with E-state index in [1.165, 1.54) is 12.3 Å². The van der Waals surface area contributed by atoms with E-state index >= 15 is 0 Å². The van der Waals surface area contributed by atoms with E-state index in [4.69, 9.17) is 9.56 Å². The van der Waals surface area contributed by atoms with Gasteiger partial charge in [0.1, 0.15) is 10.7 Å². The molecule has 4 nitrogen and oxygen atoms in total. The maximum absolute atomic E-state index is 10.6. The third kappa shape index (κ3) is 1.19. The monoisotopic (exact) mass is 161 g/mol. The van der Waals surface area contributed by atoms with Crippen LogP contribution in [0.2, 0.25) is 0 Å². The average Bonchev–Trinajstić information content (AvgIpc) is 2.11. The summed E-state index contributed by atoms with van der Waals surface area (Å²) >= 11 is 0. The molecule has 0 radical (unpaired) electrons. The summed E-state index contributed by atoms with van der Waals surface area (Å²) < 4.78 is 26.0. The van der Waals surface area contributed by atoms with Gasteiger partial charge in [-0.05, 0) is 13.0 Å². The van der Waals surface area contributed by atoms with Gasteiger partial charge in [-0.1, -0.05) is 0 Å². The van der Waals surface area contributed by atoms with Crippen LogP contribution in [0.4, 0.5) is 0 Å². The van der Waals surface area contributed by atoms with Gasteiger partial charge in [0, 0.05) is 0 Å². The minimum Gasteiger partial charge on any atom is -0.468 e. The topological polar surface area (TPSA) is 73.3 Å². The number of hydrogen-bond donors (Lipinski definition) is 1. The number of rotatable bonds is 1. The Bertz CT molecular complexity index is 324. The summed E-state index contributed by atoms with van der Waals surface area (Å²) in [7, 11) is -3.58. The van der Waals surface area contributed by atoms with E-state index in [-0.39, 0.29) is 4.90 Å². The molecule has 0 saturated carbocycles. The Hall–Kier alpha value is -0.810. The average molecular weight is 161 g/mol. The first-order valence-electron chi connectivity index (χ1n) is 2.58. The molecule has 0 aliphatic rings. The molecule has 0 aliphatic carbocycles. The van der Waals surface area contributed by atoms with Gasteiger partial charge in [0.05, 0.1) is 6.26 Å². The van der Waals surface area contributed by atoms with E-state index < -0.39 is 10.0 Å². The van der Waals surface area contributed by atoms with Crippen molar-refractivity contribution in [2.45, 2.75) is 11.8 Å². The summed E-state index contributed by atoms with van der Waals surface area (Å²) in [5.41, 5.74) is 0. The largest absolute Gasteiger partial charge is 0.468 e. The van der Waals surface area contributed by atoms with Gasteiger partial charge in [0.25, 0.3) is 0 Å². The standard InChI is InChI=1S/C5H7NO3S/c1-4-5(2-3-9-4)10(6,7)8/h2-3H,1H3,(H2,6,7,8). The molecule has 1 rings (SSSR count). The zero-order valence-corrected chi connectivity index (χ0v) is 6.18. The molecule has 0 aliphatic heterocycles. The Morgan fingerprint density at radius 1 is 1.60 bits per heavy atom. The van der Waals surface area contributed by atoms with Crippen molar-refractivity contribution in [1.29, 1.82) is 0 Å². The first-order valence-corrected chi connectivity index (χ1v) is 4.13. The van der Waals surface area contributed by atoms with Crippen molar-refractivity contribution in [3.05, 3.63) is 18.1 Å². The van der Waals surface area contributed by atoms with Crippen molar-refractivity contribution >= 4 is 10.0 Å². The lowest BCUT2D eigenvalue weighted by Crippen LogP contribution is -2.11. The molecule has 10 heavy (non-hydrogen) atoms. The van der Waals surface area contributed by atoms with Crippen LogP contribution in [0.3, 0.4) is 0 Å². The van der Waals surface area contributed by atoms with Crippen LogP contribution in [-0.2, 0) is 10.0 Å². The lowest BCUT2D eigenvalue weighted by atomic mass is 10.5. The van der Waals surface area contributed by atoms with Crippen molar-refractivity contribution in [3.63, 3.8) is 0 Å². The van der Waals surface area contributed by atoms with Crippen molar-refractivity contribution in [2.75, 3.05) is 0 Å². The smallest absolute Gasteiger partial charge is 0.241 e. The van der Waals surface area contributed by atoms with Crippen LogP contribution >= 0.6 is 0 Å². The lowest BCUT2D eigenvalue weighted by molar-refractivity contribution is 0.523. The van der Waals surface area contributed by atoms with Crippen LogP contribution in [-0.4, -0.2) is 8.42 Å². The Labute approximate surface area is 58.7 Å². The van der Waals surface area contributed by atoms with Gasteiger partial charge >= 0.3 is 0 Å². The molecule has 0 spiro atoms. The van der Waals surface area contributed by atoms with Crippen molar-refractivity contribution in [2.24, 2.45) is 5.14 Å². The summed E-state index contributed by atoms with van der Waals surface area (Å²) in [6, 6.07) is 1.32. The fraction of sp³-hybridized carbons (Fsp3) is 0.200. The minimum absolute atomic E-state index is 0.0486. The van der Waals surface area contributed by atoms with Gasteiger partial charge in [0.2, 0.25) is 10.0 Å². The van der Waals surface area contributed by atoms with Crippen LogP contribution < -0.4 is 5.14 Å². The molecule has 0 amide bonds. The highest BCUT2D eigenvalue weighted by atomic mass is 32.2. The van der Waals surface area contributed by atoms with Crippen LogP contribution in [0.1, 0.15) is 5.76 Å². The normalized spacial score (nSPS) is 11.8. The third-order valence-electron chi connectivity index (χ3n) is 1.12. The second kappa shape index (κ2) is 2.10. The molecule has 56 valence electrons. The van der Waals surface area contributed by atoms with E-state index in [0.29, 0.717) is 5.76 Å². The molecule has 2 N–H and O–H groups in total. The highest BCUT2D eigenvalue weighted by molar-refractivity contribution is 7.89. The van der Waals surface area contributed by atoms with Crippen LogP contribution in [0.15, 0.2) is 21.6 Å². The summed E-state index contributed by atoms with van der Waals surface area (Å²) in [4.78, 5) is 0.0486. The van der Waals surface area contributed by atoms with Gasteiger partial charge in [-0.25, -0.2) is 13.6 Å². The molecule has 0 aromatic carbocycles. The zero-order valence-electron chi connectivity index (χ0n) is 5.37. The molecule has 0 unspecified atom stereocenters. The van der Waals surface area contributed by atoms with E-state index in [9.17, 15) is 8.42 Å². The second-order valence-corrected chi connectivity index (χ2v) is 3.42. The zero-order chi connectivity index (χ0) is 7.78. The summed E-state index contributed by atoms with van der Waals surface area (Å²) in [6.07, 6.45) is 1.29. The molecular formula is C5H7NO3S. The van der Waals surface area contributed by atoms with E-state index in [1.807, 2.05) is 0 Å². The third-order valence-corrected chi connectivity index (χ3v) is 2.15. The first kappa shape index (κ1) is 7.30. The van der Waals surface area contributed by atoms with E-state index in [1.54, 1.807) is 6.92 Å². The molecule has 0 atom stereocenters. The fourth-order valence-electron chi connectivity index (χ4n) is 0.668. The van der Waals surface area contributed by atoms with Gasteiger partial charge in [0.15, 0.2) is 0 Å². The maximum Gasteiger partial charge on any atom is 0.241 e. The number of sulfonamides is 1. The van der Waals surface area contributed by atoms with Crippen molar-refractivity contribution in [1.82, 2.24) is 0 Å². The number of aryl methyl sites for hydroxylation is 1. The van der Waals surface area contributed by atoms with E-state index in [0.717, 1.165) is 0 Å². The highest BCUT2D eigenvalue weighted by Crippen LogP contribution is 2.12.